The molecule has 0 bridgehead atoms. The number of unbranched alkanes of at least 4 members (excludes halogenated alkanes) is 1. The number of amides is 5. The Morgan fingerprint density at radius 3 is 1.92 bits per heavy atom. The highest BCUT2D eigenvalue weighted by molar-refractivity contribution is 8.00. The van der Waals surface area contributed by atoms with Crippen molar-refractivity contribution in [3.8, 4) is 33.6 Å². The van der Waals surface area contributed by atoms with Gasteiger partial charge < -0.3 is 40.8 Å². The van der Waals surface area contributed by atoms with Crippen LogP contribution in [0.2, 0.25) is 0 Å². The number of nitrogens with one attached hydrogen (secondary N) is 5. The van der Waals surface area contributed by atoms with Crippen LogP contribution in [0.1, 0.15) is 95.9 Å². The number of likely N-dealkylation sites (tertiary alicyclic amines) is 2. The summed E-state index contributed by atoms with van der Waals surface area (Å²) in [7, 11) is 0. The third-order valence-electron chi connectivity index (χ3n) is 13.7. The molecule has 6 aliphatic rings. The topological polar surface area (TPSA) is 188 Å². The van der Waals surface area contributed by atoms with Crippen LogP contribution >= 0.6 is 11.8 Å². The summed E-state index contributed by atoms with van der Waals surface area (Å²) < 4.78 is 0. The van der Waals surface area contributed by atoms with Crippen LogP contribution in [0.25, 0.3) is 33.6 Å². The van der Waals surface area contributed by atoms with Gasteiger partial charge in [-0.1, -0.05) is 75.7 Å². The first kappa shape index (κ1) is 38.9. The molecule has 5 amide bonds. The van der Waals surface area contributed by atoms with E-state index in [-0.39, 0.29) is 48.1 Å². The standard InChI is InChI=1S/C45H53N9O5S/c1-45(2,3)39(52-44(58)59)42(56)54-33-17-28(33)19-35(54)41-47-21-30(49-41)26-14-10-24(11-15-26)23-8-12-25(13-9-23)29-20-46-40(48-29)34-18-27-16-32(27)53(34)37(55)7-5-4-6-36-38-31(22-60-36)50-43(57)51-38/h8-15,20-21,27-28,31-36,38-39,52H,4-7,16-19,22H2,1-3H3,(H,46,48)(H,47,49)(H,58,59)(H2,50,51,57)/t27?,28-,31+,32?,33?,34?,35+,36+,38+,39-/m1/s1. The maximum Gasteiger partial charge on any atom is 0.405 e. The summed E-state index contributed by atoms with van der Waals surface area (Å²) in [6.45, 7) is 5.63. The molecule has 10 atom stereocenters. The normalized spacial score (nSPS) is 29.1. The van der Waals surface area contributed by atoms with E-state index in [1.54, 1.807) is 0 Å². The van der Waals surface area contributed by atoms with Crippen molar-refractivity contribution in [1.82, 2.24) is 45.7 Å². The number of aromatic amines is 2. The van der Waals surface area contributed by atoms with E-state index in [9.17, 15) is 24.3 Å². The van der Waals surface area contributed by atoms with Crippen molar-refractivity contribution in [3.05, 3.63) is 72.6 Å². The van der Waals surface area contributed by atoms with Crippen molar-refractivity contribution in [2.45, 2.75) is 120 Å². The van der Waals surface area contributed by atoms with Crippen LogP contribution in [0, 0.1) is 17.3 Å². The average Bonchev–Trinajstić information content (AvgIpc) is 3.67. The monoisotopic (exact) mass is 831 g/mol. The van der Waals surface area contributed by atoms with Crippen LogP contribution in [0.15, 0.2) is 60.9 Å². The number of urea groups is 1. The first-order valence-electron chi connectivity index (χ1n) is 21.5. The van der Waals surface area contributed by atoms with Crippen molar-refractivity contribution in [2.24, 2.45) is 17.3 Å². The van der Waals surface area contributed by atoms with E-state index < -0.39 is 17.6 Å². The second-order valence-electron chi connectivity index (χ2n) is 18.8. The highest BCUT2D eigenvalue weighted by Crippen LogP contribution is 2.55. The first-order chi connectivity index (χ1) is 28.9. The van der Waals surface area contributed by atoms with Gasteiger partial charge in [-0.3, -0.25) is 9.59 Å². The van der Waals surface area contributed by atoms with Crippen LogP contribution < -0.4 is 16.0 Å². The number of carboxylic acid groups (broad SMARTS) is 1. The fraction of sp³-hybridized carbons (Fsp3) is 0.511. The van der Waals surface area contributed by atoms with Crippen LogP contribution in [0.5, 0.6) is 0 Å². The van der Waals surface area contributed by atoms with Crippen molar-refractivity contribution in [1.29, 1.82) is 0 Å². The number of piperidine rings is 2. The number of carbonyl (C=O) groups excluding carboxylic acids is 3. The van der Waals surface area contributed by atoms with Gasteiger partial charge in [0.2, 0.25) is 11.8 Å². The summed E-state index contributed by atoms with van der Waals surface area (Å²) in [6.07, 6.45) is 9.68. The van der Waals surface area contributed by atoms with Gasteiger partial charge in [-0.2, -0.15) is 11.8 Å². The lowest BCUT2D eigenvalue weighted by molar-refractivity contribution is -0.138. The molecule has 60 heavy (non-hydrogen) atoms. The Kier molecular flexibility index (Phi) is 9.72. The van der Waals surface area contributed by atoms with E-state index in [0.717, 1.165) is 96.0 Å². The SMILES string of the molecule is CC(C)(C)[C@H](NC(=O)O)C(=O)N1C2C[C@@H]2C[C@H]1c1ncc(-c2ccc(-c3ccc(-c4cnc(C5CC6CC6N5C(=O)CCCC[C@@H]5SC[C@@H]6NC(=O)N[C@@H]65)[nH]4)cc3)cc2)[nH]1. The Hall–Kier alpha value is -5.31. The Bertz CT molecular complexity index is 2300. The molecule has 6 N–H and O–H groups in total. The molecule has 14 nitrogen and oxygen atoms in total. The maximum atomic E-state index is 13.8. The minimum atomic E-state index is -1.20. The molecule has 4 saturated heterocycles. The Morgan fingerprint density at radius 1 is 0.800 bits per heavy atom. The lowest BCUT2D eigenvalue weighted by Crippen LogP contribution is -2.55. The zero-order valence-electron chi connectivity index (χ0n) is 34.2. The number of rotatable bonds is 12. The fourth-order valence-electron chi connectivity index (χ4n) is 10.4. The van der Waals surface area contributed by atoms with Gasteiger partial charge in [-0.05, 0) is 78.0 Å². The largest absolute Gasteiger partial charge is 0.465 e. The molecule has 2 aliphatic carbocycles. The molecule has 4 unspecified atom stereocenters. The van der Waals surface area contributed by atoms with E-state index in [1.165, 1.54) is 0 Å². The predicted molar refractivity (Wildman–Crippen MR) is 228 cm³/mol. The smallest absolute Gasteiger partial charge is 0.405 e. The molecule has 15 heteroatoms. The van der Waals surface area contributed by atoms with Crippen LogP contribution in [-0.2, 0) is 9.59 Å². The maximum absolute atomic E-state index is 13.8. The number of hydrogen-bond acceptors (Lipinski definition) is 7. The lowest BCUT2D eigenvalue weighted by atomic mass is 9.85. The molecule has 2 aromatic carbocycles. The molecule has 6 fully saturated rings. The van der Waals surface area contributed by atoms with Gasteiger partial charge in [-0.25, -0.2) is 19.6 Å². The van der Waals surface area contributed by atoms with Gasteiger partial charge >= 0.3 is 12.1 Å². The zero-order valence-corrected chi connectivity index (χ0v) is 35.0. The average molecular weight is 832 g/mol. The fourth-order valence-corrected chi connectivity index (χ4v) is 11.9. The number of H-pyrrole nitrogens is 2. The molecule has 0 radical (unpaired) electrons. The van der Waals surface area contributed by atoms with E-state index in [0.29, 0.717) is 29.5 Å². The highest BCUT2D eigenvalue weighted by atomic mass is 32.2. The summed E-state index contributed by atoms with van der Waals surface area (Å²) >= 11 is 1.92. The number of aromatic nitrogens is 4. The summed E-state index contributed by atoms with van der Waals surface area (Å²) in [6, 6.07) is 16.5. The zero-order chi connectivity index (χ0) is 41.4. The third-order valence-corrected chi connectivity index (χ3v) is 15.3. The van der Waals surface area contributed by atoms with Crippen LogP contribution in [0.4, 0.5) is 9.59 Å². The van der Waals surface area contributed by atoms with Gasteiger partial charge in [0.15, 0.2) is 0 Å². The molecular weight excluding hydrogens is 779 g/mol. The van der Waals surface area contributed by atoms with E-state index in [1.807, 2.05) is 49.8 Å². The molecule has 10 rings (SSSR count). The lowest BCUT2D eigenvalue weighted by Gasteiger charge is -2.35. The molecule has 2 saturated carbocycles. The summed E-state index contributed by atoms with van der Waals surface area (Å²) in [5.74, 6) is 3.55. The molecular formula is C45H53N9O5S. The summed E-state index contributed by atoms with van der Waals surface area (Å²) in [4.78, 5) is 71.3. The van der Waals surface area contributed by atoms with Crippen molar-refractivity contribution in [3.63, 3.8) is 0 Å². The number of thioether (sulfide) groups is 1. The third kappa shape index (κ3) is 7.32. The molecule has 314 valence electrons. The van der Waals surface area contributed by atoms with Crippen molar-refractivity contribution in [2.75, 3.05) is 5.75 Å². The Balaban J connectivity index is 0.755. The molecule has 0 spiro atoms. The van der Waals surface area contributed by atoms with Crippen LogP contribution in [-0.4, -0.2) is 100.0 Å². The van der Waals surface area contributed by atoms with E-state index in [2.05, 4.69) is 79.3 Å². The van der Waals surface area contributed by atoms with E-state index >= 15 is 0 Å². The number of fused-ring (bicyclic) bond motifs is 3. The second kappa shape index (κ2) is 15.0. The number of benzene rings is 2. The van der Waals surface area contributed by atoms with Crippen LogP contribution in [0.3, 0.4) is 0 Å². The van der Waals surface area contributed by atoms with Gasteiger partial charge in [0.25, 0.3) is 0 Å². The molecule has 4 aromatic rings. The van der Waals surface area contributed by atoms with Gasteiger partial charge in [0.1, 0.15) is 17.7 Å². The second-order valence-corrected chi connectivity index (χ2v) is 20.1. The summed E-state index contributed by atoms with van der Waals surface area (Å²) in [5, 5.41) is 18.4. The van der Waals surface area contributed by atoms with E-state index in [4.69, 9.17) is 9.97 Å². The number of nitrogens with zero attached hydrogens (tertiary/aromatic N) is 4. The molecule has 2 aromatic heterocycles. The Morgan fingerprint density at radius 2 is 1.35 bits per heavy atom. The van der Waals surface area contributed by atoms with Crippen molar-refractivity contribution >= 4 is 35.7 Å². The number of hydrogen-bond donors (Lipinski definition) is 6. The Labute approximate surface area is 353 Å². The van der Waals surface area contributed by atoms with Gasteiger partial charge in [0.05, 0.1) is 47.9 Å². The minimum Gasteiger partial charge on any atom is -0.465 e. The number of imidazole rings is 2. The first-order valence-corrected chi connectivity index (χ1v) is 22.6. The number of carbonyl (C=O) groups is 4. The quantitative estimate of drug-likeness (QED) is 0.0660. The molecule has 4 aliphatic heterocycles. The predicted octanol–water partition coefficient (Wildman–Crippen LogP) is 6.87. The summed E-state index contributed by atoms with van der Waals surface area (Å²) in [5.41, 5.74) is 5.40. The molecule has 6 heterocycles. The van der Waals surface area contributed by atoms with Gasteiger partial charge in [0, 0.05) is 29.5 Å². The minimum absolute atomic E-state index is 0.0168. The van der Waals surface area contributed by atoms with Gasteiger partial charge in [-0.15, -0.1) is 0 Å². The highest BCUT2D eigenvalue weighted by Gasteiger charge is 2.57. The van der Waals surface area contributed by atoms with Crippen molar-refractivity contribution < 1.29 is 24.3 Å².